The third-order valence-corrected chi connectivity index (χ3v) is 4.90. The second kappa shape index (κ2) is 15.9. The molecule has 40 heavy (non-hydrogen) atoms. The van der Waals surface area contributed by atoms with E-state index in [1.165, 1.54) is 5.56 Å². The molecule has 0 radical (unpaired) electrons. The van der Waals surface area contributed by atoms with Gasteiger partial charge in [-0.25, -0.2) is 15.0 Å². The summed E-state index contributed by atoms with van der Waals surface area (Å²) in [5, 5.41) is 6.23. The molecule has 0 aliphatic rings. The van der Waals surface area contributed by atoms with E-state index in [2.05, 4.69) is 60.6 Å². The third kappa shape index (κ3) is 11.1. The van der Waals surface area contributed by atoms with E-state index in [-0.39, 0.29) is 20.8 Å². The summed E-state index contributed by atoms with van der Waals surface area (Å²) in [6.07, 6.45) is 3.85. The summed E-state index contributed by atoms with van der Waals surface area (Å²) in [6.45, 7) is 14.3. The van der Waals surface area contributed by atoms with Gasteiger partial charge >= 0.3 is 0 Å². The molecule has 0 aromatic carbocycles. The number of nitrogens with two attached hydrogens (primary N) is 4. The van der Waals surface area contributed by atoms with E-state index >= 15 is 0 Å². The van der Waals surface area contributed by atoms with Crippen molar-refractivity contribution in [2.24, 2.45) is 7.05 Å². The lowest BCUT2D eigenvalue weighted by atomic mass is 10.1. The third-order valence-electron chi connectivity index (χ3n) is 4.90. The van der Waals surface area contributed by atoms with Gasteiger partial charge in [0.25, 0.3) is 0 Å². The molecule has 10 N–H and O–H groups in total. The molecule has 4 aromatic heterocycles. The number of fused-ring (bicyclic) bond motifs is 1. The van der Waals surface area contributed by atoms with Crippen LogP contribution in [0.2, 0.25) is 0 Å². The van der Waals surface area contributed by atoms with Crippen molar-refractivity contribution in [1.82, 2.24) is 34.5 Å². The molecular weight excluding hydrogens is 506 g/mol. The van der Waals surface area contributed by atoms with Crippen molar-refractivity contribution in [3.8, 4) is 0 Å². The van der Waals surface area contributed by atoms with Crippen molar-refractivity contribution < 1.29 is 0 Å². The number of hydrogen-bond donors (Lipinski definition) is 6. The number of nitrogen functional groups attached to an aromatic ring is 4. The van der Waals surface area contributed by atoms with Crippen LogP contribution in [0.15, 0.2) is 24.5 Å². The molecule has 13 nitrogen and oxygen atoms in total. The number of aryl methyl sites for hydroxylation is 2. The number of nitrogens with one attached hydrogen (secondary N) is 2. The van der Waals surface area contributed by atoms with Crippen molar-refractivity contribution in [1.29, 1.82) is 0 Å². The molecule has 222 valence electrons. The first kappa shape index (κ1) is 35.6. The average Bonchev–Trinajstić information content (AvgIpc) is 3.08. The molecule has 0 unspecified atom stereocenters. The van der Waals surface area contributed by atoms with Gasteiger partial charge in [0.1, 0.15) is 17.5 Å². The highest BCUT2D eigenvalue weighted by Gasteiger charge is 2.11. The van der Waals surface area contributed by atoms with Gasteiger partial charge in [0, 0.05) is 43.2 Å². The molecule has 0 spiro atoms. The van der Waals surface area contributed by atoms with Crippen molar-refractivity contribution >= 4 is 46.3 Å². The van der Waals surface area contributed by atoms with Gasteiger partial charge in [-0.05, 0) is 46.1 Å². The predicted octanol–water partition coefficient (Wildman–Crippen LogP) is 4.59. The maximum atomic E-state index is 5.57. The van der Waals surface area contributed by atoms with Gasteiger partial charge in [0.15, 0.2) is 0 Å². The Kier molecular flexibility index (Phi) is 14.1. The minimum atomic E-state index is 0. The highest BCUT2D eigenvalue weighted by Crippen LogP contribution is 2.25. The van der Waals surface area contributed by atoms with Crippen LogP contribution >= 0.6 is 0 Å². The van der Waals surface area contributed by atoms with Crippen molar-refractivity contribution in [2.45, 2.75) is 81.3 Å². The van der Waals surface area contributed by atoms with Gasteiger partial charge in [0.2, 0.25) is 17.8 Å². The summed E-state index contributed by atoms with van der Waals surface area (Å²) < 4.78 is 2.03. The van der Waals surface area contributed by atoms with Crippen LogP contribution in [-0.2, 0) is 7.05 Å². The van der Waals surface area contributed by atoms with Crippen LogP contribution in [0.1, 0.15) is 73.6 Å². The average molecular weight is 556 g/mol. The van der Waals surface area contributed by atoms with E-state index in [4.69, 9.17) is 22.9 Å². The van der Waals surface area contributed by atoms with Gasteiger partial charge in [-0.15, -0.1) is 0 Å². The summed E-state index contributed by atoms with van der Waals surface area (Å²) >= 11 is 0. The minimum absolute atomic E-state index is 0. The first-order valence-corrected chi connectivity index (χ1v) is 12.4. The zero-order valence-electron chi connectivity index (χ0n) is 23.5. The first-order valence-electron chi connectivity index (χ1n) is 12.4. The molecule has 0 saturated heterocycles. The fourth-order valence-electron chi connectivity index (χ4n) is 3.44. The molecule has 0 saturated carbocycles. The summed E-state index contributed by atoms with van der Waals surface area (Å²) in [5.41, 5.74) is 26.0. The Labute approximate surface area is 238 Å². The van der Waals surface area contributed by atoms with Crippen LogP contribution in [0.5, 0.6) is 0 Å². The quantitative estimate of drug-likeness (QED) is 0.199. The van der Waals surface area contributed by atoms with Crippen LogP contribution < -0.4 is 33.6 Å². The highest BCUT2D eigenvalue weighted by molar-refractivity contribution is 5.80. The Bertz CT molecular complexity index is 1230. The van der Waals surface area contributed by atoms with Gasteiger partial charge in [-0.3, -0.25) is 0 Å². The summed E-state index contributed by atoms with van der Waals surface area (Å²) in [7, 11) is 1.99. The number of rotatable bonds is 5. The number of aromatic nitrogens is 7. The van der Waals surface area contributed by atoms with Gasteiger partial charge in [0.05, 0.1) is 17.2 Å². The maximum absolute atomic E-state index is 5.57. The van der Waals surface area contributed by atoms with E-state index in [1.807, 2.05) is 52.3 Å². The van der Waals surface area contributed by atoms with Crippen LogP contribution in [-0.4, -0.2) is 46.6 Å². The summed E-state index contributed by atoms with van der Waals surface area (Å²) in [4.78, 5) is 23.9. The van der Waals surface area contributed by atoms with Crippen LogP contribution in [0.3, 0.4) is 0 Å². The van der Waals surface area contributed by atoms with Crippen LogP contribution in [0.25, 0.3) is 11.0 Å². The molecule has 0 fully saturated rings. The zero-order valence-corrected chi connectivity index (χ0v) is 23.5. The smallest absolute Gasteiger partial charge is 0.223 e. The van der Waals surface area contributed by atoms with Crippen LogP contribution in [0, 0.1) is 6.92 Å². The molecular formula is C27H49N13. The van der Waals surface area contributed by atoms with E-state index in [0.717, 1.165) is 22.5 Å². The molecule has 0 atom stereocenters. The van der Waals surface area contributed by atoms with Crippen LogP contribution in [0.4, 0.5) is 35.3 Å². The van der Waals surface area contributed by atoms with Crippen molar-refractivity contribution in [3.63, 3.8) is 0 Å². The molecule has 13 heteroatoms. The van der Waals surface area contributed by atoms with Gasteiger partial charge < -0.3 is 38.1 Å². The lowest BCUT2D eigenvalue weighted by Crippen LogP contribution is -2.12. The maximum Gasteiger partial charge on any atom is 0.223 e. The second-order valence-electron chi connectivity index (χ2n) is 9.70. The fourth-order valence-corrected chi connectivity index (χ4v) is 3.44. The van der Waals surface area contributed by atoms with E-state index < -0.39 is 0 Å². The van der Waals surface area contributed by atoms with Crippen molar-refractivity contribution in [3.05, 3.63) is 35.8 Å². The number of hydrogen-bond acceptors (Lipinski definition) is 12. The van der Waals surface area contributed by atoms with Gasteiger partial charge in [-0.1, -0.05) is 28.7 Å². The Morgan fingerprint density at radius 2 is 1.25 bits per heavy atom. The van der Waals surface area contributed by atoms with Gasteiger partial charge in [-0.2, -0.15) is 15.0 Å². The Morgan fingerprint density at radius 1 is 0.725 bits per heavy atom. The molecule has 4 rings (SSSR count). The monoisotopic (exact) mass is 555 g/mol. The molecule has 0 bridgehead atoms. The Morgan fingerprint density at radius 3 is 1.73 bits per heavy atom. The van der Waals surface area contributed by atoms with E-state index in [1.54, 1.807) is 12.3 Å². The molecule has 4 heterocycles. The van der Waals surface area contributed by atoms with Crippen molar-refractivity contribution in [2.75, 3.05) is 33.6 Å². The number of anilines is 6. The first-order chi connectivity index (χ1) is 17.7. The molecule has 4 aromatic rings. The number of nitrogens with zero attached hydrogens (tertiary/aromatic N) is 7. The predicted molar refractivity (Wildman–Crippen MR) is 170 cm³/mol. The molecule has 0 aliphatic heterocycles. The van der Waals surface area contributed by atoms with E-state index in [0.29, 0.717) is 41.5 Å². The molecule has 0 aliphatic carbocycles. The second-order valence-corrected chi connectivity index (χ2v) is 9.70. The Balaban J connectivity index is 0.000000559. The Hall–Kier alpha value is -4.42. The zero-order chi connectivity index (χ0) is 28.6. The topological polar surface area (TPSA) is 210 Å². The normalized spacial score (nSPS) is 10.2. The summed E-state index contributed by atoms with van der Waals surface area (Å²) in [5.74, 6) is 3.13. The minimum Gasteiger partial charge on any atom is -0.383 e. The highest BCUT2D eigenvalue weighted by atomic mass is 15.1. The molecule has 0 amide bonds. The standard InChI is InChI=1S/C10H14N4.C8H14N4.C7H13N5.2CH4/c1-6(2)7-5-14(3)8-4-12-10(11)13-9(7)8;1-5(2)10-7-4-6(3)11-8(9)12-7;1-4(2)10-6-3-5(8)11-7(9)12-6;;/h4-6H,1-3H3,(H2,11,12,13);4-5H,1-3H3,(H3,9,10,11,12);3-4H,1-2H3,(H5,8,9,10,11,12);2*1H4. The SMILES string of the molecule is C.C.CC(C)Nc1cc(N)nc(N)n1.CC(C)c1cn(C)c2cnc(N)nc12.Cc1cc(NC(C)C)nc(N)n1. The lowest BCUT2D eigenvalue weighted by Gasteiger charge is -2.09. The fraction of sp³-hybridized carbons (Fsp3) is 0.481. The van der Waals surface area contributed by atoms with E-state index in [9.17, 15) is 0 Å². The lowest BCUT2D eigenvalue weighted by molar-refractivity contribution is 0.856. The summed E-state index contributed by atoms with van der Waals surface area (Å²) in [6, 6.07) is 4.18. The largest absolute Gasteiger partial charge is 0.383 e.